The zero-order chi connectivity index (χ0) is 15.5. The molecule has 0 saturated carbocycles. The zero-order valence-corrected chi connectivity index (χ0v) is 15.6. The molecular formula is C16H25Cl2N3O3. The number of imidazole rings is 1. The lowest BCUT2D eigenvalue weighted by atomic mass is 10.2. The maximum absolute atomic E-state index is 5.72. The fourth-order valence-electron chi connectivity index (χ4n) is 2.66. The van der Waals surface area contributed by atoms with E-state index in [-0.39, 0.29) is 30.9 Å². The van der Waals surface area contributed by atoms with Crippen molar-refractivity contribution in [2.24, 2.45) is 5.73 Å². The molecule has 0 spiro atoms. The summed E-state index contributed by atoms with van der Waals surface area (Å²) in [5.74, 6) is 2.53. The molecule has 6 nitrogen and oxygen atoms in total. The maximum Gasteiger partial charge on any atom is 0.163 e. The minimum Gasteiger partial charge on any atom is -0.486 e. The number of hydrogen-bond acceptors (Lipinski definition) is 5. The van der Waals surface area contributed by atoms with Gasteiger partial charge in [-0.2, -0.15) is 0 Å². The van der Waals surface area contributed by atoms with Crippen molar-refractivity contribution in [1.82, 2.24) is 9.55 Å². The minimum atomic E-state index is 0. The molecule has 0 bridgehead atoms. The lowest BCUT2D eigenvalue weighted by Gasteiger charge is -2.18. The van der Waals surface area contributed by atoms with E-state index in [2.05, 4.69) is 4.57 Å². The van der Waals surface area contributed by atoms with Crippen LogP contribution in [0.3, 0.4) is 0 Å². The predicted octanol–water partition coefficient (Wildman–Crippen LogP) is 2.58. The summed E-state index contributed by atoms with van der Waals surface area (Å²) in [6.07, 6.45) is 0.958. The number of fused-ring (bicyclic) bond motifs is 2. The highest BCUT2D eigenvalue weighted by Crippen LogP contribution is 2.34. The summed E-state index contributed by atoms with van der Waals surface area (Å²) in [6.45, 7) is 7.21. The van der Waals surface area contributed by atoms with Crippen molar-refractivity contribution in [2.75, 3.05) is 26.4 Å². The molecule has 2 heterocycles. The lowest BCUT2D eigenvalue weighted by Crippen LogP contribution is -2.16. The first-order chi connectivity index (χ1) is 10.7. The fourth-order valence-corrected chi connectivity index (χ4v) is 2.66. The van der Waals surface area contributed by atoms with Gasteiger partial charge in [-0.25, -0.2) is 4.98 Å². The van der Waals surface area contributed by atoms with Crippen molar-refractivity contribution in [3.05, 3.63) is 18.0 Å². The Morgan fingerprint density at radius 2 is 1.88 bits per heavy atom. The van der Waals surface area contributed by atoms with E-state index < -0.39 is 0 Å². The van der Waals surface area contributed by atoms with Crippen molar-refractivity contribution in [2.45, 2.75) is 32.9 Å². The Morgan fingerprint density at radius 3 is 2.50 bits per heavy atom. The van der Waals surface area contributed by atoms with Crippen LogP contribution >= 0.6 is 24.8 Å². The van der Waals surface area contributed by atoms with E-state index in [1.165, 1.54) is 0 Å². The monoisotopic (exact) mass is 377 g/mol. The second-order valence-electron chi connectivity index (χ2n) is 5.62. The molecule has 0 amide bonds. The van der Waals surface area contributed by atoms with E-state index in [0.717, 1.165) is 41.3 Å². The number of ether oxygens (including phenoxy) is 3. The number of benzene rings is 1. The van der Waals surface area contributed by atoms with E-state index in [1.807, 2.05) is 26.0 Å². The normalized spacial score (nSPS) is 12.8. The van der Waals surface area contributed by atoms with E-state index in [0.29, 0.717) is 26.4 Å². The maximum atomic E-state index is 5.72. The van der Waals surface area contributed by atoms with Crippen LogP contribution in [0.5, 0.6) is 11.5 Å². The fraction of sp³-hybridized carbons (Fsp3) is 0.562. The van der Waals surface area contributed by atoms with Gasteiger partial charge in [-0.1, -0.05) is 0 Å². The average molecular weight is 378 g/mol. The SMILES string of the molecule is CC(C)OCCn1c(CCN)nc2cc3c(cc21)OCCO3.Cl.Cl. The minimum absolute atomic E-state index is 0. The number of rotatable bonds is 6. The molecule has 24 heavy (non-hydrogen) atoms. The molecule has 1 aliphatic heterocycles. The van der Waals surface area contributed by atoms with Gasteiger partial charge in [0, 0.05) is 25.1 Å². The van der Waals surface area contributed by atoms with E-state index in [1.54, 1.807) is 0 Å². The van der Waals surface area contributed by atoms with Crippen molar-refractivity contribution < 1.29 is 14.2 Å². The standard InChI is InChI=1S/C16H23N3O3.2ClH/c1-11(2)20-6-5-19-13-10-15-14(21-7-8-22-15)9-12(13)18-16(19)3-4-17;;/h9-11H,3-8,17H2,1-2H3;2*1H. The first kappa shape index (κ1) is 20.8. The highest BCUT2D eigenvalue weighted by atomic mass is 35.5. The van der Waals surface area contributed by atoms with Crippen LogP contribution < -0.4 is 15.2 Å². The first-order valence-corrected chi connectivity index (χ1v) is 7.79. The highest BCUT2D eigenvalue weighted by molar-refractivity contribution is 5.85. The Bertz CT molecular complexity index is 662. The van der Waals surface area contributed by atoms with Crippen molar-refractivity contribution >= 4 is 35.8 Å². The molecule has 0 atom stereocenters. The predicted molar refractivity (Wildman–Crippen MR) is 99.1 cm³/mol. The Hall–Kier alpha value is -1.21. The molecule has 0 radical (unpaired) electrons. The van der Waals surface area contributed by atoms with Gasteiger partial charge in [0.05, 0.1) is 23.7 Å². The quantitative estimate of drug-likeness (QED) is 0.837. The molecule has 0 fully saturated rings. The molecule has 136 valence electrons. The molecule has 0 unspecified atom stereocenters. The second kappa shape index (κ2) is 9.32. The van der Waals surface area contributed by atoms with E-state index >= 15 is 0 Å². The summed E-state index contributed by atoms with van der Waals surface area (Å²) >= 11 is 0. The van der Waals surface area contributed by atoms with Crippen LogP contribution in [-0.2, 0) is 17.7 Å². The lowest BCUT2D eigenvalue weighted by molar-refractivity contribution is 0.0729. The van der Waals surface area contributed by atoms with Crippen LogP contribution in [0, 0.1) is 0 Å². The van der Waals surface area contributed by atoms with E-state index in [9.17, 15) is 0 Å². The third kappa shape index (κ3) is 4.45. The highest BCUT2D eigenvalue weighted by Gasteiger charge is 2.17. The third-order valence-electron chi connectivity index (χ3n) is 3.63. The van der Waals surface area contributed by atoms with Gasteiger partial charge < -0.3 is 24.5 Å². The van der Waals surface area contributed by atoms with Gasteiger partial charge in [0.15, 0.2) is 11.5 Å². The Labute approximate surface area is 154 Å². The largest absolute Gasteiger partial charge is 0.486 e. The number of hydrogen-bond donors (Lipinski definition) is 1. The molecular weight excluding hydrogens is 353 g/mol. The van der Waals surface area contributed by atoms with Gasteiger partial charge in [0.1, 0.15) is 19.0 Å². The molecule has 8 heteroatoms. The second-order valence-corrected chi connectivity index (χ2v) is 5.62. The van der Waals surface area contributed by atoms with Gasteiger partial charge in [-0.3, -0.25) is 0 Å². The van der Waals surface area contributed by atoms with Crippen LogP contribution in [0.2, 0.25) is 0 Å². The molecule has 1 aliphatic rings. The van der Waals surface area contributed by atoms with Gasteiger partial charge >= 0.3 is 0 Å². The molecule has 2 aromatic rings. The summed E-state index contributed by atoms with van der Waals surface area (Å²) < 4.78 is 19.1. The number of aromatic nitrogens is 2. The summed E-state index contributed by atoms with van der Waals surface area (Å²) in [4.78, 5) is 4.70. The molecule has 1 aromatic carbocycles. The van der Waals surface area contributed by atoms with Crippen LogP contribution in [0.1, 0.15) is 19.7 Å². The van der Waals surface area contributed by atoms with Gasteiger partial charge in [-0.05, 0) is 20.4 Å². The summed E-state index contributed by atoms with van der Waals surface area (Å²) in [5.41, 5.74) is 7.67. The average Bonchev–Trinajstić information content (AvgIpc) is 2.82. The number of halogens is 2. The molecule has 0 saturated heterocycles. The van der Waals surface area contributed by atoms with Crippen LogP contribution in [0.15, 0.2) is 12.1 Å². The van der Waals surface area contributed by atoms with Crippen molar-refractivity contribution in [3.8, 4) is 11.5 Å². The smallest absolute Gasteiger partial charge is 0.163 e. The van der Waals surface area contributed by atoms with Crippen molar-refractivity contribution in [1.29, 1.82) is 0 Å². The molecule has 2 N–H and O–H groups in total. The Morgan fingerprint density at radius 1 is 1.21 bits per heavy atom. The molecule has 1 aromatic heterocycles. The van der Waals surface area contributed by atoms with Gasteiger partial charge in [-0.15, -0.1) is 24.8 Å². The zero-order valence-electron chi connectivity index (χ0n) is 14.0. The van der Waals surface area contributed by atoms with Gasteiger partial charge in [0.2, 0.25) is 0 Å². The summed E-state index contributed by atoms with van der Waals surface area (Å²) in [5, 5.41) is 0. The van der Waals surface area contributed by atoms with Crippen LogP contribution in [0.4, 0.5) is 0 Å². The number of nitrogens with zero attached hydrogens (tertiary/aromatic N) is 2. The van der Waals surface area contributed by atoms with E-state index in [4.69, 9.17) is 24.9 Å². The summed E-state index contributed by atoms with van der Waals surface area (Å²) in [6, 6.07) is 3.95. The van der Waals surface area contributed by atoms with Gasteiger partial charge in [0.25, 0.3) is 0 Å². The van der Waals surface area contributed by atoms with Crippen LogP contribution in [0.25, 0.3) is 11.0 Å². The topological polar surface area (TPSA) is 71.5 Å². The Balaban J connectivity index is 0.00000144. The summed E-state index contributed by atoms with van der Waals surface area (Å²) in [7, 11) is 0. The molecule has 0 aliphatic carbocycles. The third-order valence-corrected chi connectivity index (χ3v) is 3.63. The number of nitrogens with two attached hydrogens (primary N) is 1. The Kier molecular flexibility index (Phi) is 8.09. The van der Waals surface area contributed by atoms with Crippen LogP contribution in [-0.4, -0.2) is 42.0 Å². The van der Waals surface area contributed by atoms with Crippen molar-refractivity contribution in [3.63, 3.8) is 0 Å². The molecule has 3 rings (SSSR count). The first-order valence-electron chi connectivity index (χ1n) is 7.79.